The molecule has 0 aliphatic rings. The van der Waals surface area contributed by atoms with Gasteiger partial charge >= 0.3 is 0 Å². The fourth-order valence-corrected chi connectivity index (χ4v) is 3.30. The monoisotopic (exact) mass is 430 g/mol. The molecular weight excluding hydrogens is 412 g/mol. The minimum absolute atomic E-state index is 0.695. The van der Waals surface area contributed by atoms with Crippen molar-refractivity contribution in [1.29, 1.82) is 0 Å². The number of halogens is 1. The van der Waals surface area contributed by atoms with Crippen LogP contribution in [0.15, 0.2) is 89.7 Å². The molecule has 0 bridgehead atoms. The third kappa shape index (κ3) is 4.61. The van der Waals surface area contributed by atoms with Crippen LogP contribution in [0.4, 0.5) is 5.82 Å². The van der Waals surface area contributed by atoms with Crippen molar-refractivity contribution in [1.82, 2.24) is 15.0 Å². The predicted octanol–water partition coefficient (Wildman–Crippen LogP) is 5.62. The Labute approximate surface area is 172 Å². The first-order valence-electron chi connectivity index (χ1n) is 9.11. The fourth-order valence-electron chi connectivity index (χ4n) is 2.93. The van der Waals surface area contributed by atoms with E-state index in [0.717, 1.165) is 40.1 Å². The van der Waals surface area contributed by atoms with Crippen LogP contribution in [0.3, 0.4) is 0 Å². The Morgan fingerprint density at radius 3 is 2.29 bits per heavy atom. The molecule has 0 saturated carbocycles. The maximum absolute atomic E-state index is 4.77. The minimum atomic E-state index is 0.695. The molecule has 0 spiro atoms. The zero-order valence-electron chi connectivity index (χ0n) is 15.2. The molecule has 0 aliphatic heterocycles. The van der Waals surface area contributed by atoms with Gasteiger partial charge in [-0.25, -0.2) is 9.97 Å². The van der Waals surface area contributed by atoms with Crippen molar-refractivity contribution in [2.24, 2.45) is 0 Å². The number of anilines is 1. The lowest BCUT2D eigenvalue weighted by Gasteiger charge is -2.11. The van der Waals surface area contributed by atoms with Gasteiger partial charge in [0.1, 0.15) is 5.82 Å². The topological polar surface area (TPSA) is 50.7 Å². The smallest absolute Gasteiger partial charge is 0.162 e. The Morgan fingerprint density at radius 2 is 1.54 bits per heavy atom. The summed E-state index contributed by atoms with van der Waals surface area (Å²) in [4.78, 5) is 13.8. The first-order chi connectivity index (χ1) is 13.8. The van der Waals surface area contributed by atoms with E-state index in [-0.39, 0.29) is 0 Å². The Hall–Kier alpha value is -3.05. The fraction of sp³-hybridized carbons (Fsp3) is 0.0870. The first-order valence-corrected chi connectivity index (χ1v) is 9.90. The summed E-state index contributed by atoms with van der Waals surface area (Å²) in [6, 6.07) is 24.4. The Kier molecular flexibility index (Phi) is 5.73. The third-order valence-corrected chi connectivity index (χ3v) is 4.76. The highest BCUT2D eigenvalue weighted by Crippen LogP contribution is 2.25. The molecule has 0 saturated heterocycles. The van der Waals surface area contributed by atoms with Crippen molar-refractivity contribution < 1.29 is 0 Å². The number of hydrogen-bond acceptors (Lipinski definition) is 4. The summed E-state index contributed by atoms with van der Waals surface area (Å²) >= 11 is 3.49. The zero-order chi connectivity index (χ0) is 19.2. The number of rotatable bonds is 6. The highest BCUT2D eigenvalue weighted by molar-refractivity contribution is 9.10. The molecule has 4 aromatic rings. The van der Waals surface area contributed by atoms with E-state index in [1.807, 2.05) is 54.7 Å². The summed E-state index contributed by atoms with van der Waals surface area (Å²) in [7, 11) is 0. The molecule has 0 fully saturated rings. The number of aromatic nitrogens is 3. The summed E-state index contributed by atoms with van der Waals surface area (Å²) in [5, 5.41) is 3.44. The van der Waals surface area contributed by atoms with Crippen LogP contribution >= 0.6 is 15.9 Å². The molecule has 28 heavy (non-hydrogen) atoms. The van der Waals surface area contributed by atoms with Crippen LogP contribution in [0, 0.1) is 0 Å². The van der Waals surface area contributed by atoms with Gasteiger partial charge in [0.05, 0.1) is 5.69 Å². The normalized spacial score (nSPS) is 10.6. The van der Waals surface area contributed by atoms with Gasteiger partial charge in [-0.05, 0) is 34.0 Å². The predicted molar refractivity (Wildman–Crippen MR) is 117 cm³/mol. The van der Waals surface area contributed by atoms with Crippen LogP contribution in [0.5, 0.6) is 0 Å². The van der Waals surface area contributed by atoms with E-state index in [2.05, 4.69) is 50.5 Å². The molecule has 4 rings (SSSR count). The minimum Gasteiger partial charge on any atom is -0.370 e. The van der Waals surface area contributed by atoms with Gasteiger partial charge in [0.25, 0.3) is 0 Å². The second kappa shape index (κ2) is 8.76. The van der Waals surface area contributed by atoms with Crippen molar-refractivity contribution in [2.75, 3.05) is 11.9 Å². The molecule has 0 radical (unpaired) electrons. The van der Waals surface area contributed by atoms with Gasteiger partial charge in [0, 0.05) is 40.6 Å². The molecule has 2 heterocycles. The van der Waals surface area contributed by atoms with E-state index >= 15 is 0 Å². The average molecular weight is 431 g/mol. The molecule has 0 aliphatic carbocycles. The molecule has 2 aromatic heterocycles. The second-order valence-electron chi connectivity index (χ2n) is 6.38. The molecule has 0 amide bonds. The van der Waals surface area contributed by atoms with Gasteiger partial charge in [-0.2, -0.15) is 0 Å². The SMILES string of the molecule is Brc1cncc(-c2cc(NCCc3ccccc3)nc(-c3ccccc3)n2)c1. The molecule has 4 nitrogen and oxygen atoms in total. The van der Waals surface area contributed by atoms with Gasteiger partial charge in [0.2, 0.25) is 0 Å². The number of benzene rings is 2. The zero-order valence-corrected chi connectivity index (χ0v) is 16.8. The van der Waals surface area contributed by atoms with Crippen molar-refractivity contribution in [3.05, 3.63) is 95.2 Å². The van der Waals surface area contributed by atoms with Crippen LogP contribution in [-0.2, 0) is 6.42 Å². The number of nitrogens with one attached hydrogen (secondary N) is 1. The molecule has 0 unspecified atom stereocenters. The van der Waals surface area contributed by atoms with E-state index < -0.39 is 0 Å². The molecule has 5 heteroatoms. The number of nitrogens with zero attached hydrogens (tertiary/aromatic N) is 3. The van der Waals surface area contributed by atoms with Gasteiger partial charge in [0.15, 0.2) is 5.82 Å². The highest BCUT2D eigenvalue weighted by Gasteiger charge is 2.09. The molecule has 0 atom stereocenters. The number of pyridine rings is 1. The lowest BCUT2D eigenvalue weighted by molar-refractivity contribution is 1.00. The van der Waals surface area contributed by atoms with Crippen LogP contribution in [0.1, 0.15) is 5.56 Å². The third-order valence-electron chi connectivity index (χ3n) is 4.32. The van der Waals surface area contributed by atoms with Gasteiger partial charge in [-0.15, -0.1) is 0 Å². The maximum atomic E-state index is 4.77. The average Bonchev–Trinajstić information content (AvgIpc) is 2.75. The highest BCUT2D eigenvalue weighted by atomic mass is 79.9. The standard InChI is InChI=1S/C23H19BrN4/c24-20-13-19(15-25-16-20)21-14-22(26-12-11-17-7-3-1-4-8-17)28-23(27-21)18-9-5-2-6-10-18/h1-10,13-16H,11-12H2,(H,26,27,28). The van der Waals surface area contributed by atoms with E-state index in [9.17, 15) is 0 Å². The van der Waals surface area contributed by atoms with Crippen LogP contribution in [0.25, 0.3) is 22.6 Å². The van der Waals surface area contributed by atoms with Crippen molar-refractivity contribution >= 4 is 21.7 Å². The van der Waals surface area contributed by atoms with Gasteiger partial charge in [-0.3, -0.25) is 4.98 Å². The molecular formula is C23H19BrN4. The Bertz CT molecular complexity index is 1050. The van der Waals surface area contributed by atoms with Gasteiger partial charge in [-0.1, -0.05) is 60.7 Å². The summed E-state index contributed by atoms with van der Waals surface area (Å²) < 4.78 is 0.920. The van der Waals surface area contributed by atoms with E-state index in [1.54, 1.807) is 6.20 Å². The lowest BCUT2D eigenvalue weighted by Crippen LogP contribution is -2.08. The van der Waals surface area contributed by atoms with Crippen molar-refractivity contribution in [3.63, 3.8) is 0 Å². The van der Waals surface area contributed by atoms with Crippen LogP contribution in [0.2, 0.25) is 0 Å². The second-order valence-corrected chi connectivity index (χ2v) is 7.30. The maximum Gasteiger partial charge on any atom is 0.162 e. The quantitative estimate of drug-likeness (QED) is 0.430. The summed E-state index contributed by atoms with van der Waals surface area (Å²) in [6.07, 6.45) is 4.51. The van der Waals surface area contributed by atoms with E-state index in [0.29, 0.717) is 5.82 Å². The summed E-state index contributed by atoms with van der Waals surface area (Å²) in [5.41, 5.74) is 4.06. The largest absolute Gasteiger partial charge is 0.370 e. The Balaban J connectivity index is 1.64. The summed E-state index contributed by atoms with van der Waals surface area (Å²) in [6.45, 7) is 0.797. The first kappa shape index (κ1) is 18.3. The lowest BCUT2D eigenvalue weighted by atomic mass is 10.1. The molecule has 2 aromatic carbocycles. The van der Waals surface area contributed by atoms with E-state index in [4.69, 9.17) is 9.97 Å². The van der Waals surface area contributed by atoms with Crippen molar-refractivity contribution in [3.8, 4) is 22.6 Å². The van der Waals surface area contributed by atoms with Crippen LogP contribution in [-0.4, -0.2) is 21.5 Å². The van der Waals surface area contributed by atoms with Gasteiger partial charge < -0.3 is 5.32 Å². The van der Waals surface area contributed by atoms with E-state index in [1.165, 1.54) is 5.56 Å². The molecule has 138 valence electrons. The number of hydrogen-bond donors (Lipinski definition) is 1. The van der Waals surface area contributed by atoms with Crippen LogP contribution < -0.4 is 5.32 Å². The molecule has 1 N–H and O–H groups in total. The van der Waals surface area contributed by atoms with Crippen molar-refractivity contribution in [2.45, 2.75) is 6.42 Å². The Morgan fingerprint density at radius 1 is 0.786 bits per heavy atom. The summed E-state index contributed by atoms with van der Waals surface area (Å²) in [5.74, 6) is 1.50.